The van der Waals surface area contributed by atoms with Gasteiger partial charge in [-0.25, -0.2) is 9.48 Å². The molecule has 0 saturated carbocycles. The molecular formula is C24H19N5O2. The molecular weight excluding hydrogens is 390 g/mol. The van der Waals surface area contributed by atoms with Gasteiger partial charge in [-0.3, -0.25) is 4.79 Å². The molecule has 152 valence electrons. The number of imidazole rings is 1. The molecule has 2 heterocycles. The van der Waals surface area contributed by atoms with Crippen LogP contribution in [0.3, 0.4) is 0 Å². The number of amides is 1. The molecule has 0 fully saturated rings. The van der Waals surface area contributed by atoms with Crippen LogP contribution in [0.2, 0.25) is 0 Å². The number of rotatable bonds is 4. The molecule has 5 rings (SSSR count). The Morgan fingerprint density at radius 2 is 1.68 bits per heavy atom. The fourth-order valence-electron chi connectivity index (χ4n) is 3.60. The number of nitrogens with one attached hydrogen (secondary N) is 3. The van der Waals surface area contributed by atoms with Crippen LogP contribution in [0.5, 0.6) is 0 Å². The maximum Gasteiger partial charge on any atom is 0.323 e. The van der Waals surface area contributed by atoms with Crippen LogP contribution in [-0.2, 0) is 0 Å². The summed E-state index contributed by atoms with van der Waals surface area (Å²) in [6.07, 6.45) is 1.74. The normalized spacial score (nSPS) is 11.0. The fraction of sp³-hybridized carbons (Fsp3) is 0.0417. The average molecular weight is 409 g/mol. The van der Waals surface area contributed by atoms with Crippen molar-refractivity contribution >= 4 is 22.6 Å². The Morgan fingerprint density at radius 3 is 2.48 bits per heavy atom. The monoisotopic (exact) mass is 409 g/mol. The molecule has 0 aliphatic rings. The zero-order valence-corrected chi connectivity index (χ0v) is 16.7. The van der Waals surface area contributed by atoms with Crippen molar-refractivity contribution in [3.8, 4) is 16.9 Å². The van der Waals surface area contributed by atoms with E-state index in [9.17, 15) is 9.59 Å². The van der Waals surface area contributed by atoms with Crippen LogP contribution in [0.4, 0.5) is 5.69 Å². The minimum absolute atomic E-state index is 0.280. The molecule has 5 aromatic rings. The largest absolute Gasteiger partial charge is 0.323 e. The second kappa shape index (κ2) is 7.46. The smallest absolute Gasteiger partial charge is 0.322 e. The molecule has 7 heteroatoms. The highest BCUT2D eigenvalue weighted by atomic mass is 16.2. The van der Waals surface area contributed by atoms with Gasteiger partial charge in [0.2, 0.25) is 0 Å². The van der Waals surface area contributed by atoms with Gasteiger partial charge >= 0.3 is 5.69 Å². The topological polar surface area (TPSA) is 95.6 Å². The van der Waals surface area contributed by atoms with E-state index < -0.39 is 0 Å². The molecule has 31 heavy (non-hydrogen) atoms. The van der Waals surface area contributed by atoms with E-state index >= 15 is 0 Å². The first-order valence-corrected chi connectivity index (χ1v) is 9.83. The number of aromatic amines is 2. The first-order chi connectivity index (χ1) is 15.1. The number of carbonyl (C=O) groups excluding carboxylic acids is 1. The van der Waals surface area contributed by atoms with E-state index in [1.165, 1.54) is 0 Å². The molecule has 0 atom stereocenters. The van der Waals surface area contributed by atoms with Crippen LogP contribution in [0, 0.1) is 6.92 Å². The minimum Gasteiger partial charge on any atom is -0.322 e. The summed E-state index contributed by atoms with van der Waals surface area (Å²) >= 11 is 0. The quantitative estimate of drug-likeness (QED) is 0.414. The van der Waals surface area contributed by atoms with Crippen molar-refractivity contribution in [3.63, 3.8) is 0 Å². The van der Waals surface area contributed by atoms with E-state index in [0.29, 0.717) is 28.0 Å². The number of H-pyrrole nitrogens is 2. The Hall–Kier alpha value is -4.39. The van der Waals surface area contributed by atoms with Gasteiger partial charge in [-0.05, 0) is 42.8 Å². The van der Waals surface area contributed by atoms with E-state index in [-0.39, 0.29) is 11.6 Å². The number of anilines is 1. The number of carbonyl (C=O) groups is 1. The first-order valence-electron chi connectivity index (χ1n) is 9.83. The summed E-state index contributed by atoms with van der Waals surface area (Å²) in [5.74, 6) is -0.280. The van der Waals surface area contributed by atoms with Crippen molar-refractivity contribution in [2.45, 2.75) is 6.92 Å². The number of para-hydroxylation sites is 1. The van der Waals surface area contributed by atoms with Gasteiger partial charge in [0.1, 0.15) is 5.69 Å². The van der Waals surface area contributed by atoms with Crippen LogP contribution in [0.15, 0.2) is 83.8 Å². The van der Waals surface area contributed by atoms with Gasteiger partial charge in [0, 0.05) is 17.4 Å². The number of nitrogens with zero attached hydrogens (tertiary/aromatic N) is 2. The van der Waals surface area contributed by atoms with E-state index in [4.69, 9.17) is 5.10 Å². The molecule has 0 bridgehead atoms. The lowest BCUT2D eigenvalue weighted by atomic mass is 10.0. The number of hydrogen-bond acceptors (Lipinski definition) is 3. The fourth-order valence-corrected chi connectivity index (χ4v) is 3.60. The second-order valence-corrected chi connectivity index (χ2v) is 7.28. The summed E-state index contributed by atoms with van der Waals surface area (Å²) in [5.41, 5.74) is 5.45. The third-order valence-corrected chi connectivity index (χ3v) is 5.15. The summed E-state index contributed by atoms with van der Waals surface area (Å²) in [6, 6.07) is 22.7. The maximum absolute atomic E-state index is 13.3. The Labute approximate surface area is 177 Å². The van der Waals surface area contributed by atoms with E-state index in [1.807, 2.05) is 61.5 Å². The Bertz CT molecular complexity index is 1460. The third-order valence-electron chi connectivity index (χ3n) is 5.15. The van der Waals surface area contributed by atoms with E-state index in [1.54, 1.807) is 29.1 Å². The zero-order valence-electron chi connectivity index (χ0n) is 16.7. The van der Waals surface area contributed by atoms with Crippen molar-refractivity contribution in [3.05, 3.63) is 101 Å². The second-order valence-electron chi connectivity index (χ2n) is 7.28. The summed E-state index contributed by atoms with van der Waals surface area (Å²) in [4.78, 5) is 30.2. The summed E-state index contributed by atoms with van der Waals surface area (Å²) in [7, 11) is 0. The van der Waals surface area contributed by atoms with Crippen molar-refractivity contribution in [1.82, 2.24) is 19.7 Å². The number of aromatic nitrogens is 4. The Balaban J connectivity index is 1.57. The predicted molar refractivity (Wildman–Crippen MR) is 121 cm³/mol. The van der Waals surface area contributed by atoms with Gasteiger partial charge in [-0.2, -0.15) is 5.10 Å². The van der Waals surface area contributed by atoms with Gasteiger partial charge in [0.15, 0.2) is 0 Å². The molecule has 1 amide bonds. The summed E-state index contributed by atoms with van der Waals surface area (Å²) < 4.78 is 1.71. The molecule has 0 unspecified atom stereocenters. The molecule has 3 aromatic carbocycles. The number of benzene rings is 3. The predicted octanol–water partition coefficient (Wildman–Crippen LogP) is 4.27. The van der Waals surface area contributed by atoms with Crippen LogP contribution < -0.4 is 11.0 Å². The van der Waals surface area contributed by atoms with Gasteiger partial charge in [-0.15, -0.1) is 0 Å². The van der Waals surface area contributed by atoms with E-state index in [0.717, 1.165) is 16.8 Å². The maximum atomic E-state index is 13.3. The van der Waals surface area contributed by atoms with Crippen LogP contribution in [-0.4, -0.2) is 25.7 Å². The van der Waals surface area contributed by atoms with Crippen LogP contribution >= 0.6 is 0 Å². The lowest BCUT2D eigenvalue weighted by Gasteiger charge is -2.07. The number of hydrogen-bond donors (Lipinski definition) is 3. The highest BCUT2D eigenvalue weighted by molar-refractivity contribution is 6.08. The zero-order chi connectivity index (χ0) is 21.4. The van der Waals surface area contributed by atoms with Crippen molar-refractivity contribution < 1.29 is 4.79 Å². The van der Waals surface area contributed by atoms with Crippen molar-refractivity contribution in [1.29, 1.82) is 0 Å². The van der Waals surface area contributed by atoms with Crippen LogP contribution in [0.1, 0.15) is 15.9 Å². The molecule has 0 aliphatic carbocycles. The molecule has 0 aliphatic heterocycles. The summed E-state index contributed by atoms with van der Waals surface area (Å²) in [5, 5.41) is 7.66. The summed E-state index contributed by atoms with van der Waals surface area (Å²) in [6.45, 7) is 1.99. The highest BCUT2D eigenvalue weighted by Gasteiger charge is 2.20. The Morgan fingerprint density at radius 1 is 0.935 bits per heavy atom. The Kier molecular flexibility index (Phi) is 4.48. The molecule has 2 aromatic heterocycles. The number of fused-ring (bicyclic) bond motifs is 1. The molecule has 0 saturated heterocycles. The standard InChI is InChI=1S/C24H19N5O2/c1-15-7-5-6-10-18(15)22-19(14-29(28-22)17-8-3-2-4-9-17)23(30)25-16-11-12-20-21(13-16)27-24(31)26-20/h2-14H,1H3,(H,25,30)(H2,26,27,31). The lowest BCUT2D eigenvalue weighted by Crippen LogP contribution is -2.12. The SMILES string of the molecule is Cc1ccccc1-c1nn(-c2ccccc2)cc1C(=O)Nc1ccc2[nH]c(=O)[nH]c2c1. The average Bonchev–Trinajstić information content (AvgIpc) is 3.37. The van der Waals surface area contributed by atoms with Crippen molar-refractivity contribution in [2.75, 3.05) is 5.32 Å². The van der Waals surface area contributed by atoms with Crippen molar-refractivity contribution in [2.24, 2.45) is 0 Å². The highest BCUT2D eigenvalue weighted by Crippen LogP contribution is 2.27. The van der Waals surface area contributed by atoms with Gasteiger partial charge < -0.3 is 15.3 Å². The van der Waals surface area contributed by atoms with Gasteiger partial charge in [0.25, 0.3) is 5.91 Å². The van der Waals surface area contributed by atoms with E-state index in [2.05, 4.69) is 15.3 Å². The molecule has 7 nitrogen and oxygen atoms in total. The number of aryl methyl sites for hydroxylation is 1. The van der Waals surface area contributed by atoms with Gasteiger partial charge in [0.05, 0.1) is 22.3 Å². The third kappa shape index (κ3) is 3.53. The first kappa shape index (κ1) is 18.6. The molecule has 0 radical (unpaired) electrons. The molecule has 3 N–H and O–H groups in total. The minimum atomic E-state index is -0.288. The lowest BCUT2D eigenvalue weighted by molar-refractivity contribution is 0.102. The van der Waals surface area contributed by atoms with Gasteiger partial charge in [-0.1, -0.05) is 42.5 Å². The van der Waals surface area contributed by atoms with Crippen LogP contribution in [0.25, 0.3) is 28.0 Å². The molecule has 0 spiro atoms.